The molecule has 0 saturated heterocycles. The molecule has 1 rings (SSSR count). The van der Waals surface area contributed by atoms with E-state index >= 15 is 0 Å². The van der Waals surface area contributed by atoms with Gasteiger partial charge in [0, 0.05) is 4.91 Å². The summed E-state index contributed by atoms with van der Waals surface area (Å²) >= 11 is 0. The topological polar surface area (TPSA) is 69.0 Å². The maximum atomic E-state index is 9.37. The van der Waals surface area contributed by atoms with E-state index in [0.717, 1.165) is 11.1 Å². The van der Waals surface area contributed by atoms with Gasteiger partial charge in [-0.1, -0.05) is 29.4 Å². The van der Waals surface area contributed by atoms with Gasteiger partial charge in [0.05, 0.1) is 12.6 Å². The lowest BCUT2D eigenvalue weighted by atomic mass is 10.0. The quantitative estimate of drug-likeness (QED) is 0.430. The van der Waals surface area contributed by atoms with Gasteiger partial charge in [-0.25, -0.2) is 0 Å². The van der Waals surface area contributed by atoms with E-state index in [-0.39, 0.29) is 6.54 Å². The van der Waals surface area contributed by atoms with Crippen LogP contribution in [0.2, 0.25) is 0 Å². The van der Waals surface area contributed by atoms with Crippen molar-refractivity contribution in [2.45, 2.75) is 19.6 Å². The molecule has 0 saturated carbocycles. The van der Waals surface area contributed by atoms with Crippen LogP contribution in [0.1, 0.15) is 24.2 Å². The first-order valence-corrected chi connectivity index (χ1v) is 4.02. The fourth-order valence-corrected chi connectivity index (χ4v) is 1.19. The molecule has 1 N–H and O–H groups in total. The summed E-state index contributed by atoms with van der Waals surface area (Å²) in [6.07, 6.45) is -0.523. The molecule has 0 aliphatic carbocycles. The summed E-state index contributed by atoms with van der Waals surface area (Å²) in [7, 11) is 0. The molecule has 1 unspecified atom stereocenters. The molecule has 0 fully saturated rings. The average molecular weight is 177 g/mol. The number of rotatable bonds is 3. The zero-order valence-corrected chi connectivity index (χ0v) is 7.38. The second kappa shape index (κ2) is 4.50. The van der Waals surface area contributed by atoms with Gasteiger partial charge in [0.2, 0.25) is 0 Å². The van der Waals surface area contributed by atoms with Crippen molar-refractivity contribution in [1.29, 1.82) is 0 Å². The smallest absolute Gasteiger partial charge is 0.0764 e. The number of hydrogen-bond acceptors (Lipinski definition) is 2. The molecule has 68 valence electrons. The largest absolute Gasteiger partial charge is 0.389 e. The van der Waals surface area contributed by atoms with Crippen molar-refractivity contribution in [1.82, 2.24) is 0 Å². The lowest BCUT2D eigenvalue weighted by Crippen LogP contribution is -1.96. The Morgan fingerprint density at radius 1 is 1.54 bits per heavy atom. The van der Waals surface area contributed by atoms with Crippen molar-refractivity contribution >= 4 is 0 Å². The second-order valence-electron chi connectivity index (χ2n) is 2.76. The second-order valence-corrected chi connectivity index (χ2v) is 2.76. The van der Waals surface area contributed by atoms with E-state index in [1.165, 1.54) is 0 Å². The highest BCUT2D eigenvalue weighted by Gasteiger charge is 2.04. The van der Waals surface area contributed by atoms with Gasteiger partial charge in [-0.05, 0) is 23.6 Å². The number of nitrogens with zero attached hydrogens (tertiary/aromatic N) is 3. The van der Waals surface area contributed by atoms with Crippen LogP contribution in [0.4, 0.5) is 0 Å². The fraction of sp³-hybridized carbons (Fsp3) is 0.333. The van der Waals surface area contributed by atoms with Gasteiger partial charge in [0.1, 0.15) is 0 Å². The Bertz CT molecular complexity index is 329. The number of azide groups is 1. The van der Waals surface area contributed by atoms with Crippen molar-refractivity contribution in [2.24, 2.45) is 5.11 Å². The van der Waals surface area contributed by atoms with E-state index in [0.29, 0.717) is 0 Å². The number of benzene rings is 1. The third kappa shape index (κ3) is 2.47. The normalized spacial score (nSPS) is 11.8. The summed E-state index contributed by atoms with van der Waals surface area (Å²) in [5.74, 6) is 0. The summed E-state index contributed by atoms with van der Waals surface area (Å²) in [6.45, 7) is 1.98. The minimum Gasteiger partial charge on any atom is -0.389 e. The van der Waals surface area contributed by atoms with Crippen molar-refractivity contribution < 1.29 is 5.11 Å². The highest BCUT2D eigenvalue weighted by atomic mass is 16.3. The number of aliphatic hydroxyl groups excluding tert-OH is 1. The Hall–Kier alpha value is -1.51. The van der Waals surface area contributed by atoms with Crippen LogP contribution in [0.5, 0.6) is 0 Å². The Kier molecular flexibility index (Phi) is 3.31. The predicted molar refractivity (Wildman–Crippen MR) is 49.9 cm³/mol. The van der Waals surface area contributed by atoms with Crippen LogP contribution in [-0.4, -0.2) is 5.11 Å². The molecule has 1 atom stereocenters. The summed E-state index contributed by atoms with van der Waals surface area (Å²) in [5.41, 5.74) is 9.84. The van der Waals surface area contributed by atoms with Crippen LogP contribution < -0.4 is 0 Å². The van der Waals surface area contributed by atoms with E-state index in [2.05, 4.69) is 10.0 Å². The molecule has 0 aliphatic rings. The summed E-state index contributed by atoms with van der Waals surface area (Å²) < 4.78 is 0. The first-order chi connectivity index (χ1) is 6.25. The molecule has 0 bridgehead atoms. The van der Waals surface area contributed by atoms with Gasteiger partial charge >= 0.3 is 0 Å². The molecule has 4 heteroatoms. The van der Waals surface area contributed by atoms with Crippen LogP contribution >= 0.6 is 0 Å². The Morgan fingerprint density at radius 3 is 2.85 bits per heavy atom. The SMILES string of the molecule is CC(O)c1ccccc1CN=[N+]=[N-]. The Morgan fingerprint density at radius 2 is 2.23 bits per heavy atom. The van der Waals surface area contributed by atoms with Gasteiger partial charge in [0.15, 0.2) is 0 Å². The van der Waals surface area contributed by atoms with E-state index in [1.807, 2.05) is 24.3 Å². The van der Waals surface area contributed by atoms with Crippen LogP contribution in [0, 0.1) is 0 Å². The van der Waals surface area contributed by atoms with Crippen molar-refractivity contribution in [3.05, 3.63) is 45.8 Å². The zero-order valence-electron chi connectivity index (χ0n) is 7.38. The van der Waals surface area contributed by atoms with Crippen molar-refractivity contribution in [2.75, 3.05) is 0 Å². The minimum absolute atomic E-state index is 0.289. The molecule has 0 heterocycles. The number of hydrogen-bond donors (Lipinski definition) is 1. The maximum absolute atomic E-state index is 9.37. The summed E-state index contributed by atoms with van der Waals surface area (Å²) in [4.78, 5) is 2.67. The molecular weight excluding hydrogens is 166 g/mol. The van der Waals surface area contributed by atoms with E-state index in [4.69, 9.17) is 5.53 Å². The number of aliphatic hydroxyl groups is 1. The highest BCUT2D eigenvalue weighted by Crippen LogP contribution is 2.17. The van der Waals surface area contributed by atoms with Gasteiger partial charge in [-0.2, -0.15) is 0 Å². The fourth-order valence-electron chi connectivity index (χ4n) is 1.19. The molecule has 0 spiro atoms. The van der Waals surface area contributed by atoms with E-state index < -0.39 is 6.10 Å². The van der Waals surface area contributed by atoms with Gasteiger partial charge in [0.25, 0.3) is 0 Å². The van der Waals surface area contributed by atoms with Crippen molar-refractivity contribution in [3.63, 3.8) is 0 Å². The lowest BCUT2D eigenvalue weighted by Gasteiger charge is -2.08. The molecule has 0 amide bonds. The van der Waals surface area contributed by atoms with E-state index in [1.54, 1.807) is 6.92 Å². The highest BCUT2D eigenvalue weighted by molar-refractivity contribution is 5.28. The molecule has 0 aromatic heterocycles. The molecule has 13 heavy (non-hydrogen) atoms. The molecule has 1 aromatic carbocycles. The minimum atomic E-state index is -0.523. The maximum Gasteiger partial charge on any atom is 0.0764 e. The monoisotopic (exact) mass is 177 g/mol. The van der Waals surface area contributed by atoms with Crippen LogP contribution in [-0.2, 0) is 6.54 Å². The third-order valence-corrected chi connectivity index (χ3v) is 1.81. The van der Waals surface area contributed by atoms with Crippen LogP contribution in [0.25, 0.3) is 10.4 Å². The summed E-state index contributed by atoms with van der Waals surface area (Å²) in [5, 5.41) is 12.8. The predicted octanol–water partition coefficient (Wildman–Crippen LogP) is 2.55. The standard InChI is InChI=1S/C9H11N3O/c1-7(13)9-5-3-2-4-8(9)6-11-12-10/h2-5,7,13H,6H2,1H3. The average Bonchev–Trinajstić information content (AvgIpc) is 2.15. The van der Waals surface area contributed by atoms with Crippen molar-refractivity contribution in [3.8, 4) is 0 Å². The first-order valence-electron chi connectivity index (χ1n) is 4.02. The molecule has 0 aliphatic heterocycles. The zero-order chi connectivity index (χ0) is 9.68. The van der Waals surface area contributed by atoms with Gasteiger partial charge in [-0.15, -0.1) is 0 Å². The molecule has 4 nitrogen and oxygen atoms in total. The van der Waals surface area contributed by atoms with Gasteiger partial charge < -0.3 is 5.11 Å². The van der Waals surface area contributed by atoms with Gasteiger partial charge in [-0.3, -0.25) is 0 Å². The molecular formula is C9H11N3O. The lowest BCUT2D eigenvalue weighted by molar-refractivity contribution is 0.198. The third-order valence-electron chi connectivity index (χ3n) is 1.81. The Labute approximate surface area is 76.5 Å². The van der Waals surface area contributed by atoms with Crippen LogP contribution in [0.15, 0.2) is 29.4 Å². The first kappa shape index (κ1) is 9.58. The summed E-state index contributed by atoms with van der Waals surface area (Å²) in [6, 6.07) is 7.37. The molecule has 1 aromatic rings. The van der Waals surface area contributed by atoms with Crippen LogP contribution in [0.3, 0.4) is 0 Å². The molecule has 0 radical (unpaired) electrons. The van der Waals surface area contributed by atoms with E-state index in [9.17, 15) is 5.11 Å². The Balaban J connectivity index is 2.97.